The van der Waals surface area contributed by atoms with E-state index in [0.29, 0.717) is 22.6 Å². The molecule has 104 valence electrons. The Balaban J connectivity index is 2.09. The van der Waals surface area contributed by atoms with Crippen LogP contribution >= 0.6 is 0 Å². The Bertz CT molecular complexity index is 768. The number of benzene rings is 2. The topological polar surface area (TPSA) is 84.6 Å². The number of non-ortho nitro benzene ring substituents is 1. The summed E-state index contributed by atoms with van der Waals surface area (Å²) in [4.78, 5) is 26.8. The minimum Gasteiger partial charge on any atom is -0.324 e. The fraction of sp³-hybridized carbons (Fsp3) is 0.0667. The van der Waals surface area contributed by atoms with Crippen LogP contribution in [0.4, 0.5) is 17.1 Å². The van der Waals surface area contributed by atoms with E-state index in [4.69, 9.17) is 0 Å². The van der Waals surface area contributed by atoms with E-state index >= 15 is 0 Å². The third-order valence-electron chi connectivity index (χ3n) is 3.15. The number of fused-ring (bicyclic) bond motifs is 1. The maximum Gasteiger partial charge on any atom is 0.270 e. The van der Waals surface area contributed by atoms with Gasteiger partial charge < -0.3 is 5.32 Å². The van der Waals surface area contributed by atoms with Crippen LogP contribution < -0.4 is 5.32 Å². The number of hydrogen-bond acceptors (Lipinski definition) is 4. The second-order valence-corrected chi connectivity index (χ2v) is 4.61. The molecule has 1 aliphatic rings. The highest BCUT2D eigenvalue weighted by Gasteiger charge is 2.18. The molecule has 1 heterocycles. The van der Waals surface area contributed by atoms with Gasteiger partial charge in [0.1, 0.15) is 0 Å². The molecule has 6 heteroatoms. The van der Waals surface area contributed by atoms with E-state index in [1.165, 1.54) is 12.1 Å². The van der Waals surface area contributed by atoms with Gasteiger partial charge in [0.05, 0.1) is 28.4 Å². The number of para-hydroxylation sites is 2. The van der Waals surface area contributed by atoms with Crippen molar-refractivity contribution in [3.8, 4) is 0 Å². The molecule has 0 spiro atoms. The molecule has 0 fully saturated rings. The molecule has 2 aromatic carbocycles. The summed E-state index contributed by atoms with van der Waals surface area (Å²) < 4.78 is 0. The number of anilines is 1. The quantitative estimate of drug-likeness (QED) is 0.678. The van der Waals surface area contributed by atoms with Gasteiger partial charge in [-0.2, -0.15) is 0 Å². The van der Waals surface area contributed by atoms with Gasteiger partial charge >= 0.3 is 0 Å². The standard InChI is InChI=1S/C15H11N3O3/c19-15-9-14(10-4-3-5-11(8-10)18(20)21)16-12-6-1-2-7-13(12)17-15/h1-8H,9H2,(H,17,19). The Labute approximate surface area is 120 Å². The molecule has 0 bridgehead atoms. The number of carbonyl (C=O) groups excluding carboxylic acids is 1. The van der Waals surface area contributed by atoms with E-state index in [2.05, 4.69) is 10.3 Å². The molecule has 3 rings (SSSR count). The lowest BCUT2D eigenvalue weighted by atomic mass is 10.1. The maximum atomic E-state index is 11.9. The molecule has 0 aliphatic carbocycles. The minimum absolute atomic E-state index is 0.0202. The van der Waals surface area contributed by atoms with Gasteiger partial charge in [-0.3, -0.25) is 19.9 Å². The lowest BCUT2D eigenvalue weighted by Gasteiger charge is -2.03. The highest BCUT2D eigenvalue weighted by molar-refractivity contribution is 6.17. The maximum absolute atomic E-state index is 11.9. The summed E-state index contributed by atoms with van der Waals surface area (Å²) in [6.45, 7) is 0. The molecule has 1 N–H and O–H groups in total. The first kappa shape index (κ1) is 13.0. The zero-order valence-electron chi connectivity index (χ0n) is 10.9. The van der Waals surface area contributed by atoms with Crippen LogP contribution in [0.15, 0.2) is 53.5 Å². The Morgan fingerprint density at radius 3 is 2.76 bits per heavy atom. The van der Waals surface area contributed by atoms with Crippen molar-refractivity contribution in [2.75, 3.05) is 5.32 Å². The van der Waals surface area contributed by atoms with E-state index in [-0.39, 0.29) is 18.0 Å². The van der Waals surface area contributed by atoms with Crippen molar-refractivity contribution in [3.63, 3.8) is 0 Å². The fourth-order valence-corrected chi connectivity index (χ4v) is 2.17. The second kappa shape index (κ2) is 5.16. The van der Waals surface area contributed by atoms with Gasteiger partial charge in [0.15, 0.2) is 0 Å². The van der Waals surface area contributed by atoms with E-state index in [1.54, 1.807) is 24.3 Å². The summed E-state index contributed by atoms with van der Waals surface area (Å²) >= 11 is 0. The zero-order chi connectivity index (χ0) is 14.8. The van der Waals surface area contributed by atoms with Gasteiger partial charge in [-0.15, -0.1) is 0 Å². The van der Waals surface area contributed by atoms with Crippen LogP contribution in [0.5, 0.6) is 0 Å². The molecular weight excluding hydrogens is 270 g/mol. The van der Waals surface area contributed by atoms with Gasteiger partial charge in [0, 0.05) is 17.7 Å². The van der Waals surface area contributed by atoms with Crippen LogP contribution in [0.3, 0.4) is 0 Å². The third kappa shape index (κ3) is 2.64. The average Bonchev–Trinajstić information content (AvgIpc) is 2.65. The number of amides is 1. The minimum atomic E-state index is -0.464. The molecule has 6 nitrogen and oxygen atoms in total. The lowest BCUT2D eigenvalue weighted by molar-refractivity contribution is -0.384. The van der Waals surface area contributed by atoms with Crippen LogP contribution in [0.2, 0.25) is 0 Å². The predicted molar refractivity (Wildman–Crippen MR) is 79.0 cm³/mol. The van der Waals surface area contributed by atoms with E-state index in [1.807, 2.05) is 12.1 Å². The molecule has 0 saturated heterocycles. The molecule has 0 radical (unpaired) electrons. The summed E-state index contributed by atoms with van der Waals surface area (Å²) in [5.74, 6) is -0.190. The van der Waals surface area contributed by atoms with Crippen LogP contribution in [-0.2, 0) is 4.79 Å². The number of nitrogens with zero attached hydrogens (tertiary/aromatic N) is 2. The van der Waals surface area contributed by atoms with E-state index in [0.717, 1.165) is 0 Å². The fourth-order valence-electron chi connectivity index (χ4n) is 2.17. The smallest absolute Gasteiger partial charge is 0.270 e. The molecule has 2 aromatic rings. The van der Waals surface area contributed by atoms with Crippen molar-refractivity contribution in [1.29, 1.82) is 0 Å². The largest absolute Gasteiger partial charge is 0.324 e. The molecule has 0 unspecified atom stereocenters. The molecule has 0 atom stereocenters. The van der Waals surface area contributed by atoms with Crippen molar-refractivity contribution < 1.29 is 9.72 Å². The SMILES string of the molecule is O=C1CC(c2cccc([N+](=O)[O-])c2)=Nc2ccccc2N1. The summed E-state index contributed by atoms with van der Waals surface area (Å²) in [6.07, 6.45) is 0.0792. The van der Waals surface area contributed by atoms with Gasteiger partial charge in [-0.05, 0) is 12.1 Å². The Morgan fingerprint density at radius 1 is 1.14 bits per heavy atom. The van der Waals surface area contributed by atoms with Gasteiger partial charge in [0.2, 0.25) is 5.91 Å². The van der Waals surface area contributed by atoms with Crippen LogP contribution in [0.25, 0.3) is 0 Å². The van der Waals surface area contributed by atoms with E-state index < -0.39 is 4.92 Å². The van der Waals surface area contributed by atoms with Crippen molar-refractivity contribution in [2.45, 2.75) is 6.42 Å². The molecule has 1 aliphatic heterocycles. The van der Waals surface area contributed by atoms with Gasteiger partial charge in [-0.25, -0.2) is 0 Å². The van der Waals surface area contributed by atoms with Crippen LogP contribution in [0.1, 0.15) is 12.0 Å². The first-order chi connectivity index (χ1) is 10.1. The van der Waals surface area contributed by atoms with Crippen molar-refractivity contribution >= 4 is 28.7 Å². The highest BCUT2D eigenvalue weighted by atomic mass is 16.6. The predicted octanol–water partition coefficient (Wildman–Crippen LogP) is 3.06. The monoisotopic (exact) mass is 281 g/mol. The lowest BCUT2D eigenvalue weighted by Crippen LogP contribution is -2.15. The Kier molecular flexibility index (Phi) is 3.19. The number of nitro benzene ring substituents is 1. The van der Waals surface area contributed by atoms with Crippen LogP contribution in [-0.4, -0.2) is 16.5 Å². The summed E-state index contributed by atoms with van der Waals surface area (Å²) in [6, 6.07) is 13.3. The normalized spacial score (nSPS) is 13.7. The number of carbonyl (C=O) groups is 1. The Morgan fingerprint density at radius 2 is 1.95 bits per heavy atom. The number of nitrogens with one attached hydrogen (secondary N) is 1. The number of hydrogen-bond donors (Lipinski definition) is 1. The number of nitro groups is 1. The van der Waals surface area contributed by atoms with Gasteiger partial charge in [-0.1, -0.05) is 24.3 Å². The third-order valence-corrected chi connectivity index (χ3v) is 3.15. The second-order valence-electron chi connectivity index (χ2n) is 4.61. The average molecular weight is 281 g/mol. The number of rotatable bonds is 2. The Hall–Kier alpha value is -3.02. The molecule has 0 saturated carbocycles. The summed E-state index contributed by atoms with van der Waals surface area (Å²) in [5, 5.41) is 13.6. The van der Waals surface area contributed by atoms with Crippen molar-refractivity contribution in [2.24, 2.45) is 4.99 Å². The van der Waals surface area contributed by atoms with Crippen molar-refractivity contribution in [3.05, 3.63) is 64.2 Å². The highest BCUT2D eigenvalue weighted by Crippen LogP contribution is 2.29. The summed E-state index contributed by atoms with van der Waals surface area (Å²) in [5.41, 5.74) is 2.36. The van der Waals surface area contributed by atoms with Crippen molar-refractivity contribution in [1.82, 2.24) is 0 Å². The molecule has 0 aromatic heterocycles. The summed E-state index contributed by atoms with van der Waals surface area (Å²) in [7, 11) is 0. The molecule has 21 heavy (non-hydrogen) atoms. The zero-order valence-corrected chi connectivity index (χ0v) is 10.9. The molecular formula is C15H11N3O3. The van der Waals surface area contributed by atoms with Gasteiger partial charge in [0.25, 0.3) is 5.69 Å². The first-order valence-electron chi connectivity index (χ1n) is 6.35. The van der Waals surface area contributed by atoms with Crippen LogP contribution in [0, 0.1) is 10.1 Å². The number of aliphatic imine (C=N–C) groups is 1. The van der Waals surface area contributed by atoms with E-state index in [9.17, 15) is 14.9 Å². The molecule has 1 amide bonds. The first-order valence-corrected chi connectivity index (χ1v) is 6.35.